The smallest absolute Gasteiger partial charge is 0.222 e. The summed E-state index contributed by atoms with van der Waals surface area (Å²) in [6, 6.07) is 9.84. The first kappa shape index (κ1) is 22.2. The van der Waals surface area contributed by atoms with Gasteiger partial charge in [-0.3, -0.25) is 14.6 Å². The van der Waals surface area contributed by atoms with Crippen LogP contribution in [0.15, 0.2) is 35.3 Å². The van der Waals surface area contributed by atoms with Crippen molar-refractivity contribution in [3.63, 3.8) is 0 Å². The number of nitrogens with zero attached hydrogens (tertiary/aromatic N) is 3. The van der Waals surface area contributed by atoms with E-state index in [1.807, 2.05) is 35.2 Å². The molecule has 0 unspecified atom stereocenters. The third-order valence-electron chi connectivity index (χ3n) is 4.20. The van der Waals surface area contributed by atoms with Crippen LogP contribution in [0, 0.1) is 0 Å². The van der Waals surface area contributed by atoms with Gasteiger partial charge in [0, 0.05) is 59.7 Å². The molecule has 7 nitrogen and oxygen atoms in total. The Labute approximate surface area is 172 Å². The first-order valence-electron chi connectivity index (χ1n) is 8.62. The van der Waals surface area contributed by atoms with Gasteiger partial charge in [0.1, 0.15) is 0 Å². The summed E-state index contributed by atoms with van der Waals surface area (Å²) in [5.41, 5.74) is 1.09. The molecule has 1 fully saturated rings. The van der Waals surface area contributed by atoms with Crippen LogP contribution in [-0.4, -0.2) is 67.3 Å². The summed E-state index contributed by atoms with van der Waals surface area (Å²) in [4.78, 5) is 31.5. The highest BCUT2D eigenvalue weighted by Gasteiger charge is 2.20. The van der Waals surface area contributed by atoms with Crippen molar-refractivity contribution in [2.45, 2.75) is 19.9 Å². The molecule has 0 aromatic heterocycles. The quantitative estimate of drug-likeness (QED) is 0.381. The highest BCUT2D eigenvalue weighted by molar-refractivity contribution is 14.0. The molecule has 1 saturated heterocycles. The maximum atomic E-state index is 11.9. The van der Waals surface area contributed by atoms with Gasteiger partial charge in [-0.15, -0.1) is 24.0 Å². The van der Waals surface area contributed by atoms with E-state index in [-0.39, 0.29) is 35.8 Å². The molecule has 0 saturated carbocycles. The lowest BCUT2D eigenvalue weighted by molar-refractivity contribution is -0.130. The van der Waals surface area contributed by atoms with Crippen molar-refractivity contribution >= 4 is 41.8 Å². The zero-order valence-corrected chi connectivity index (χ0v) is 17.7. The average Bonchev–Trinajstić information content (AvgIpc) is 2.64. The maximum absolute atomic E-state index is 11.9. The van der Waals surface area contributed by atoms with Crippen molar-refractivity contribution in [2.24, 2.45) is 4.99 Å². The lowest BCUT2D eigenvalue weighted by Gasteiger charge is -2.36. The van der Waals surface area contributed by atoms with Gasteiger partial charge in [-0.2, -0.15) is 0 Å². The molecule has 0 atom stereocenters. The van der Waals surface area contributed by atoms with Crippen LogP contribution in [0.1, 0.15) is 18.9 Å². The van der Waals surface area contributed by atoms with Crippen LogP contribution in [-0.2, 0) is 16.1 Å². The minimum atomic E-state index is 0. The Morgan fingerprint density at radius 1 is 1.04 bits per heavy atom. The van der Waals surface area contributed by atoms with Crippen LogP contribution < -0.4 is 10.6 Å². The molecule has 1 aromatic rings. The number of halogens is 1. The van der Waals surface area contributed by atoms with Crippen molar-refractivity contribution < 1.29 is 9.59 Å². The van der Waals surface area contributed by atoms with E-state index in [0.29, 0.717) is 32.6 Å². The first-order chi connectivity index (χ1) is 12.1. The van der Waals surface area contributed by atoms with E-state index in [1.54, 1.807) is 14.0 Å². The number of carbonyl (C=O) groups excluding carboxylic acids is 2. The van der Waals surface area contributed by atoms with Gasteiger partial charge < -0.3 is 20.4 Å². The number of amides is 2. The number of guanidine groups is 1. The van der Waals surface area contributed by atoms with Gasteiger partial charge in [0.2, 0.25) is 11.8 Å². The van der Waals surface area contributed by atoms with Gasteiger partial charge in [-0.1, -0.05) is 30.3 Å². The second kappa shape index (κ2) is 11.7. The summed E-state index contributed by atoms with van der Waals surface area (Å²) in [5.74, 6) is 0.893. The van der Waals surface area contributed by atoms with Crippen LogP contribution >= 0.6 is 24.0 Å². The van der Waals surface area contributed by atoms with Crippen LogP contribution in [0.25, 0.3) is 0 Å². The van der Waals surface area contributed by atoms with Crippen molar-refractivity contribution in [2.75, 3.05) is 39.8 Å². The normalized spacial score (nSPS) is 14.5. The largest absolute Gasteiger partial charge is 0.356 e. The number of rotatable bonds is 5. The lowest BCUT2D eigenvalue weighted by atomic mass is 10.2. The van der Waals surface area contributed by atoms with Crippen molar-refractivity contribution in [3.05, 3.63) is 35.9 Å². The minimum Gasteiger partial charge on any atom is -0.356 e. The molecular weight excluding hydrogens is 445 g/mol. The molecule has 0 bridgehead atoms. The number of carbonyl (C=O) groups is 2. The Bertz CT molecular complexity index is 601. The molecule has 2 amide bonds. The van der Waals surface area contributed by atoms with E-state index in [2.05, 4.69) is 20.5 Å². The SMILES string of the molecule is CN=C(NCCC(=O)NCc1ccccc1)N1CCN(C(C)=O)CC1.I. The second-order valence-electron chi connectivity index (χ2n) is 5.98. The number of nitrogens with one attached hydrogen (secondary N) is 2. The van der Waals surface area contributed by atoms with Crippen LogP contribution in [0.5, 0.6) is 0 Å². The van der Waals surface area contributed by atoms with E-state index in [1.165, 1.54) is 0 Å². The van der Waals surface area contributed by atoms with Gasteiger partial charge in [-0.05, 0) is 5.56 Å². The number of hydrogen-bond acceptors (Lipinski definition) is 3. The molecular formula is C18H28IN5O2. The predicted molar refractivity (Wildman–Crippen MR) is 114 cm³/mol. The maximum Gasteiger partial charge on any atom is 0.222 e. The molecule has 144 valence electrons. The summed E-state index contributed by atoms with van der Waals surface area (Å²) in [7, 11) is 1.73. The third-order valence-corrected chi connectivity index (χ3v) is 4.20. The summed E-state index contributed by atoms with van der Waals surface area (Å²) in [5, 5.41) is 6.14. The third kappa shape index (κ3) is 7.19. The highest BCUT2D eigenvalue weighted by Crippen LogP contribution is 2.02. The van der Waals surface area contributed by atoms with Gasteiger partial charge in [-0.25, -0.2) is 0 Å². The fraction of sp³-hybridized carbons (Fsp3) is 0.500. The topological polar surface area (TPSA) is 77.0 Å². The van der Waals surface area contributed by atoms with E-state index in [0.717, 1.165) is 24.6 Å². The molecule has 8 heteroatoms. The molecule has 0 radical (unpaired) electrons. The summed E-state index contributed by atoms with van der Waals surface area (Å²) < 4.78 is 0. The van der Waals surface area contributed by atoms with E-state index in [4.69, 9.17) is 0 Å². The molecule has 26 heavy (non-hydrogen) atoms. The van der Waals surface area contributed by atoms with Gasteiger partial charge in [0.25, 0.3) is 0 Å². The first-order valence-corrected chi connectivity index (χ1v) is 8.62. The summed E-state index contributed by atoms with van der Waals surface area (Å²) in [6.07, 6.45) is 0.388. The minimum absolute atomic E-state index is 0. The van der Waals surface area contributed by atoms with Gasteiger partial charge in [0.15, 0.2) is 5.96 Å². The van der Waals surface area contributed by atoms with E-state index < -0.39 is 0 Å². The van der Waals surface area contributed by atoms with Crippen molar-refractivity contribution in [3.8, 4) is 0 Å². The average molecular weight is 473 g/mol. The molecule has 0 aliphatic carbocycles. The van der Waals surface area contributed by atoms with Gasteiger partial charge >= 0.3 is 0 Å². The number of aliphatic imine (C=N–C) groups is 1. The molecule has 2 N–H and O–H groups in total. The fourth-order valence-electron chi connectivity index (χ4n) is 2.74. The highest BCUT2D eigenvalue weighted by atomic mass is 127. The van der Waals surface area contributed by atoms with Gasteiger partial charge in [0.05, 0.1) is 0 Å². The Balaban J connectivity index is 0.00000338. The molecule has 1 aromatic carbocycles. The monoisotopic (exact) mass is 473 g/mol. The number of benzene rings is 1. The summed E-state index contributed by atoms with van der Waals surface area (Å²) >= 11 is 0. The Morgan fingerprint density at radius 3 is 2.23 bits per heavy atom. The Morgan fingerprint density at radius 2 is 1.65 bits per heavy atom. The molecule has 1 aliphatic rings. The van der Waals surface area contributed by atoms with E-state index in [9.17, 15) is 9.59 Å². The standard InChI is InChI=1S/C18H27N5O2.HI/c1-15(24)22-10-12-23(13-11-22)18(19-2)20-9-8-17(25)21-14-16-6-4-3-5-7-16;/h3-7H,8-14H2,1-2H3,(H,19,20)(H,21,25);1H. The predicted octanol–water partition coefficient (Wildman–Crippen LogP) is 1.05. The Hall–Kier alpha value is -1.84. The molecule has 1 aliphatic heterocycles. The zero-order chi connectivity index (χ0) is 18.1. The van der Waals surface area contributed by atoms with Crippen molar-refractivity contribution in [1.82, 2.24) is 20.4 Å². The molecule has 0 spiro atoms. The Kier molecular flexibility index (Phi) is 10.0. The lowest BCUT2D eigenvalue weighted by Crippen LogP contribution is -2.53. The summed E-state index contributed by atoms with van der Waals surface area (Å²) in [6.45, 7) is 5.57. The van der Waals surface area contributed by atoms with E-state index >= 15 is 0 Å². The molecule has 2 rings (SSSR count). The second-order valence-corrected chi connectivity index (χ2v) is 5.98. The van der Waals surface area contributed by atoms with Crippen LogP contribution in [0.2, 0.25) is 0 Å². The number of hydrogen-bond donors (Lipinski definition) is 2. The zero-order valence-electron chi connectivity index (χ0n) is 15.4. The van der Waals surface area contributed by atoms with Crippen molar-refractivity contribution in [1.29, 1.82) is 0 Å². The fourth-order valence-corrected chi connectivity index (χ4v) is 2.74. The van der Waals surface area contributed by atoms with Crippen LogP contribution in [0.4, 0.5) is 0 Å². The molecule has 1 heterocycles. The number of piperazine rings is 1. The van der Waals surface area contributed by atoms with Crippen LogP contribution in [0.3, 0.4) is 0 Å².